The molecule has 21 heavy (non-hydrogen) atoms. The molecule has 1 amide bonds. The highest BCUT2D eigenvalue weighted by Gasteiger charge is 2.51. The molecule has 0 bridgehead atoms. The van der Waals surface area contributed by atoms with E-state index in [2.05, 4.69) is 22.2 Å². The zero-order chi connectivity index (χ0) is 15.6. The second-order valence-electron chi connectivity index (χ2n) is 5.19. The Kier molecular flexibility index (Phi) is 4.26. The van der Waals surface area contributed by atoms with Gasteiger partial charge in [-0.3, -0.25) is 10.1 Å². The van der Waals surface area contributed by atoms with E-state index in [1.807, 2.05) is 0 Å². The third-order valence-electron chi connectivity index (χ3n) is 3.62. The number of carbonyl (C=O) groups excluding carboxylic acids is 1. The summed E-state index contributed by atoms with van der Waals surface area (Å²) in [7, 11) is 2.94. The summed E-state index contributed by atoms with van der Waals surface area (Å²) >= 11 is 5.05. The normalized spacial score (nSPS) is 23.9. The van der Waals surface area contributed by atoms with Gasteiger partial charge in [0.2, 0.25) is 23.6 Å². The van der Waals surface area contributed by atoms with Crippen molar-refractivity contribution in [2.24, 2.45) is 17.1 Å². The lowest BCUT2D eigenvalue weighted by Gasteiger charge is -2.43. The summed E-state index contributed by atoms with van der Waals surface area (Å²) in [5.41, 5.74) is 4.93. The van der Waals surface area contributed by atoms with Crippen LogP contribution in [0.4, 0.5) is 5.95 Å². The molecule has 0 spiro atoms. The number of hydrogen-bond acceptors (Lipinski definition) is 6. The largest absolute Gasteiger partial charge is 0.481 e. The number of carbonyl (C=O) groups is 1. The van der Waals surface area contributed by atoms with Crippen LogP contribution in [0.25, 0.3) is 0 Å². The summed E-state index contributed by atoms with van der Waals surface area (Å²) in [4.78, 5) is 20.8. The Labute approximate surface area is 128 Å². The van der Waals surface area contributed by atoms with E-state index in [4.69, 9.17) is 27.4 Å². The average molecular weight is 310 g/mol. The average Bonchev–Trinajstić information content (AvgIpc) is 2.42. The first kappa shape index (κ1) is 15.4. The van der Waals surface area contributed by atoms with Gasteiger partial charge in [0, 0.05) is 0 Å². The number of nitrogens with two attached hydrogens (primary N) is 1. The minimum Gasteiger partial charge on any atom is -0.481 e. The van der Waals surface area contributed by atoms with Crippen molar-refractivity contribution < 1.29 is 14.3 Å². The number of thiocarbonyl (C=S) groups is 1. The standard InChI is InChI=1S/C13H18N4O3S/c1-7-5-13(6-7,10(14)21)11(18)17-12-15-8(19-2)4-9(16-12)20-3/h4,7H,5-6H2,1-3H3,(H2,14,21)(H,15,16,17,18). The van der Waals surface area contributed by atoms with Crippen molar-refractivity contribution >= 4 is 29.1 Å². The molecule has 0 atom stereocenters. The lowest BCUT2D eigenvalue weighted by Crippen LogP contribution is -2.54. The first-order chi connectivity index (χ1) is 9.91. The molecule has 1 fully saturated rings. The predicted molar refractivity (Wildman–Crippen MR) is 81.4 cm³/mol. The summed E-state index contributed by atoms with van der Waals surface area (Å²) in [6.45, 7) is 2.05. The van der Waals surface area contributed by atoms with Crippen LogP contribution in [0.15, 0.2) is 6.07 Å². The van der Waals surface area contributed by atoms with E-state index in [0.717, 1.165) is 0 Å². The van der Waals surface area contributed by atoms with Gasteiger partial charge in [-0.1, -0.05) is 19.1 Å². The highest BCUT2D eigenvalue weighted by atomic mass is 32.1. The molecule has 2 rings (SSSR count). The molecule has 1 saturated carbocycles. The van der Waals surface area contributed by atoms with Crippen LogP contribution in [0.5, 0.6) is 11.8 Å². The van der Waals surface area contributed by atoms with Crippen LogP contribution in [0.3, 0.4) is 0 Å². The number of hydrogen-bond donors (Lipinski definition) is 2. The van der Waals surface area contributed by atoms with Gasteiger partial charge in [0.05, 0.1) is 30.7 Å². The summed E-state index contributed by atoms with van der Waals surface area (Å²) < 4.78 is 10.1. The molecule has 0 radical (unpaired) electrons. The Hall–Kier alpha value is -1.96. The monoisotopic (exact) mass is 310 g/mol. The van der Waals surface area contributed by atoms with E-state index >= 15 is 0 Å². The van der Waals surface area contributed by atoms with Gasteiger partial charge in [-0.2, -0.15) is 9.97 Å². The van der Waals surface area contributed by atoms with E-state index < -0.39 is 5.41 Å². The molecule has 3 N–H and O–H groups in total. The molecule has 0 unspecified atom stereocenters. The number of anilines is 1. The third kappa shape index (κ3) is 2.90. The van der Waals surface area contributed by atoms with Gasteiger partial charge < -0.3 is 15.2 Å². The molecular formula is C13H18N4O3S. The van der Waals surface area contributed by atoms with Crippen LogP contribution in [-0.4, -0.2) is 35.1 Å². The maximum absolute atomic E-state index is 12.5. The summed E-state index contributed by atoms with van der Waals surface area (Å²) in [5, 5.41) is 2.65. The summed E-state index contributed by atoms with van der Waals surface area (Å²) in [5.74, 6) is 0.819. The van der Waals surface area contributed by atoms with Crippen LogP contribution < -0.4 is 20.5 Å². The van der Waals surface area contributed by atoms with Gasteiger partial charge in [-0.15, -0.1) is 0 Å². The summed E-state index contributed by atoms with van der Waals surface area (Å²) in [6.07, 6.45) is 1.27. The Bertz CT molecular complexity index is 550. The van der Waals surface area contributed by atoms with E-state index in [-0.39, 0.29) is 16.8 Å². The predicted octanol–water partition coefficient (Wildman–Crippen LogP) is 1.13. The molecule has 114 valence electrons. The Morgan fingerprint density at radius 3 is 2.29 bits per heavy atom. The Morgan fingerprint density at radius 1 is 1.38 bits per heavy atom. The molecule has 8 heteroatoms. The van der Waals surface area contributed by atoms with Gasteiger partial charge in [0.15, 0.2) is 0 Å². The van der Waals surface area contributed by atoms with E-state index in [1.54, 1.807) is 0 Å². The van der Waals surface area contributed by atoms with Crippen LogP contribution in [0.2, 0.25) is 0 Å². The summed E-state index contributed by atoms with van der Waals surface area (Å²) in [6, 6.07) is 1.52. The minimum absolute atomic E-state index is 0.103. The number of ether oxygens (including phenoxy) is 2. The second kappa shape index (κ2) is 5.80. The minimum atomic E-state index is -0.811. The molecular weight excluding hydrogens is 292 g/mol. The zero-order valence-corrected chi connectivity index (χ0v) is 13.0. The van der Waals surface area contributed by atoms with Crippen LogP contribution in [0.1, 0.15) is 19.8 Å². The van der Waals surface area contributed by atoms with E-state index in [1.165, 1.54) is 20.3 Å². The molecule has 1 aliphatic carbocycles. The quantitative estimate of drug-likeness (QED) is 0.786. The van der Waals surface area contributed by atoms with Gasteiger partial charge in [0.25, 0.3) is 0 Å². The van der Waals surface area contributed by atoms with Crippen molar-refractivity contribution in [2.45, 2.75) is 19.8 Å². The van der Waals surface area contributed by atoms with Crippen LogP contribution in [-0.2, 0) is 4.79 Å². The Balaban J connectivity index is 2.21. The molecule has 0 aromatic carbocycles. The maximum Gasteiger partial charge on any atom is 0.239 e. The molecule has 7 nitrogen and oxygen atoms in total. The van der Waals surface area contributed by atoms with Crippen molar-refractivity contribution in [3.63, 3.8) is 0 Å². The molecule has 1 heterocycles. The van der Waals surface area contributed by atoms with Crippen LogP contribution >= 0.6 is 12.2 Å². The first-order valence-corrected chi connectivity index (χ1v) is 6.90. The maximum atomic E-state index is 12.5. The molecule has 1 aromatic rings. The van der Waals surface area contributed by atoms with Gasteiger partial charge in [-0.25, -0.2) is 0 Å². The fourth-order valence-corrected chi connectivity index (χ4v) is 2.78. The topological polar surface area (TPSA) is 99.4 Å². The molecule has 0 aliphatic heterocycles. The fraction of sp³-hybridized carbons (Fsp3) is 0.538. The van der Waals surface area contributed by atoms with Crippen LogP contribution in [0, 0.1) is 11.3 Å². The highest BCUT2D eigenvalue weighted by Crippen LogP contribution is 2.46. The number of nitrogens with one attached hydrogen (secondary N) is 1. The van der Waals surface area contributed by atoms with Crippen molar-refractivity contribution in [2.75, 3.05) is 19.5 Å². The highest BCUT2D eigenvalue weighted by molar-refractivity contribution is 7.80. The van der Waals surface area contributed by atoms with Crippen molar-refractivity contribution in [1.82, 2.24) is 9.97 Å². The fourth-order valence-electron chi connectivity index (χ4n) is 2.52. The van der Waals surface area contributed by atoms with Gasteiger partial charge in [0.1, 0.15) is 0 Å². The lowest BCUT2D eigenvalue weighted by molar-refractivity contribution is -0.127. The van der Waals surface area contributed by atoms with Crippen molar-refractivity contribution in [3.05, 3.63) is 6.07 Å². The molecule has 1 aromatic heterocycles. The van der Waals surface area contributed by atoms with Gasteiger partial charge in [-0.05, 0) is 18.8 Å². The SMILES string of the molecule is COc1cc(OC)nc(NC(=O)C2(C(N)=S)CC(C)C2)n1. The van der Waals surface area contributed by atoms with Crippen molar-refractivity contribution in [3.8, 4) is 11.8 Å². The molecule has 0 saturated heterocycles. The third-order valence-corrected chi connectivity index (χ3v) is 4.01. The van der Waals surface area contributed by atoms with E-state index in [0.29, 0.717) is 30.5 Å². The number of amides is 1. The van der Waals surface area contributed by atoms with E-state index in [9.17, 15) is 4.79 Å². The first-order valence-electron chi connectivity index (χ1n) is 6.49. The smallest absolute Gasteiger partial charge is 0.239 e. The van der Waals surface area contributed by atoms with Gasteiger partial charge >= 0.3 is 0 Å². The zero-order valence-electron chi connectivity index (χ0n) is 12.2. The Morgan fingerprint density at radius 2 is 1.90 bits per heavy atom. The van der Waals surface area contributed by atoms with Crippen molar-refractivity contribution in [1.29, 1.82) is 0 Å². The number of methoxy groups -OCH3 is 2. The number of nitrogens with zero attached hydrogens (tertiary/aromatic N) is 2. The number of rotatable bonds is 5. The molecule has 1 aliphatic rings. The number of aromatic nitrogens is 2. The lowest BCUT2D eigenvalue weighted by atomic mass is 9.62. The second-order valence-corrected chi connectivity index (χ2v) is 5.63.